The van der Waals surface area contributed by atoms with E-state index in [-0.39, 0.29) is 34.3 Å². The Morgan fingerprint density at radius 2 is 1.45 bits per heavy atom. The van der Waals surface area contributed by atoms with Gasteiger partial charge in [0.25, 0.3) is 0 Å². The first kappa shape index (κ1) is 30.4. The Balaban J connectivity index is 1.96. The van der Waals surface area contributed by atoms with E-state index in [0.29, 0.717) is 19.3 Å². The summed E-state index contributed by atoms with van der Waals surface area (Å²) in [5, 5.41) is -1.23. The molecule has 5 atom stereocenters. The van der Waals surface area contributed by atoms with E-state index < -0.39 is 55.2 Å². The molecule has 2 aromatic carbocycles. The number of rotatable bonds is 7. The summed E-state index contributed by atoms with van der Waals surface area (Å²) in [5.41, 5.74) is 1.78. The van der Waals surface area contributed by atoms with Crippen LogP contribution in [-0.4, -0.2) is 56.3 Å². The molecule has 8 nitrogen and oxygen atoms in total. The highest BCUT2D eigenvalue weighted by molar-refractivity contribution is 7.92. The second-order valence-corrected chi connectivity index (χ2v) is 15.5. The van der Waals surface area contributed by atoms with Crippen molar-refractivity contribution in [1.29, 1.82) is 0 Å². The van der Waals surface area contributed by atoms with Gasteiger partial charge in [0.2, 0.25) is 10.0 Å². The van der Waals surface area contributed by atoms with Crippen LogP contribution in [0.4, 0.5) is 0 Å². The highest BCUT2D eigenvalue weighted by Gasteiger charge is 2.58. The van der Waals surface area contributed by atoms with Gasteiger partial charge in [-0.15, -0.1) is 0 Å². The first-order valence-electron chi connectivity index (χ1n) is 13.9. The van der Waals surface area contributed by atoms with Gasteiger partial charge in [-0.25, -0.2) is 16.8 Å². The Hall–Kier alpha value is -2.56. The molecule has 1 saturated carbocycles. The SMILES string of the molecule is CC(=O)O[C@H]1[C@H](C2CCCCC2=O)N(S(=O)(=O)c2ccc(C)cc2)[C@@H](C(C)C)C[C@@H]1S(=O)(=O)c1ccc(C)cc1. The summed E-state index contributed by atoms with van der Waals surface area (Å²) in [5.74, 6) is -1.93. The van der Waals surface area contributed by atoms with Gasteiger partial charge < -0.3 is 4.74 Å². The first-order valence-corrected chi connectivity index (χ1v) is 16.8. The molecule has 1 saturated heterocycles. The Morgan fingerprint density at radius 3 is 1.95 bits per heavy atom. The summed E-state index contributed by atoms with van der Waals surface area (Å²) in [6.07, 6.45) is 0.612. The van der Waals surface area contributed by atoms with Crippen LogP contribution in [0.1, 0.15) is 64.0 Å². The number of piperidine rings is 1. The van der Waals surface area contributed by atoms with Gasteiger partial charge in [-0.2, -0.15) is 4.31 Å². The van der Waals surface area contributed by atoms with E-state index in [1.165, 1.54) is 35.5 Å². The standard InChI is InChI=1S/C30H39NO7S2/c1-19(2)26-18-28(39(34,35)23-14-10-20(3)11-15-23)30(38-22(5)32)29(25-8-6-7-9-27(25)33)31(26)40(36,37)24-16-12-21(4)13-17-24/h10-17,19,25-26,28-30H,6-9,18H2,1-5H3/t25?,26-,28+,29+,30-/m1/s1. The second kappa shape index (κ2) is 11.7. The summed E-state index contributed by atoms with van der Waals surface area (Å²) in [6, 6.07) is 11.0. The molecule has 0 amide bonds. The maximum atomic E-state index is 14.4. The molecule has 4 rings (SSSR count). The lowest BCUT2D eigenvalue weighted by atomic mass is 9.76. The van der Waals surface area contributed by atoms with Crippen LogP contribution in [-0.2, 0) is 34.2 Å². The van der Waals surface area contributed by atoms with Crippen LogP contribution in [0.15, 0.2) is 58.3 Å². The van der Waals surface area contributed by atoms with E-state index in [2.05, 4.69) is 0 Å². The number of ketones is 1. The largest absolute Gasteiger partial charge is 0.459 e. The van der Waals surface area contributed by atoms with Gasteiger partial charge in [-0.1, -0.05) is 55.7 Å². The molecule has 218 valence electrons. The fourth-order valence-electron chi connectivity index (χ4n) is 6.12. The van der Waals surface area contributed by atoms with Crippen molar-refractivity contribution in [3.63, 3.8) is 0 Å². The molecule has 1 unspecified atom stereocenters. The van der Waals surface area contributed by atoms with Gasteiger partial charge in [-0.05, 0) is 63.3 Å². The van der Waals surface area contributed by atoms with Crippen LogP contribution in [0, 0.1) is 25.7 Å². The smallest absolute Gasteiger partial charge is 0.303 e. The van der Waals surface area contributed by atoms with E-state index in [1.807, 2.05) is 27.7 Å². The van der Waals surface area contributed by atoms with Gasteiger partial charge in [0, 0.05) is 25.3 Å². The fourth-order valence-corrected chi connectivity index (χ4v) is 10.0. The predicted molar refractivity (Wildman–Crippen MR) is 152 cm³/mol. The quantitative estimate of drug-likeness (QED) is 0.433. The van der Waals surface area contributed by atoms with Crippen molar-refractivity contribution in [1.82, 2.24) is 4.31 Å². The fraction of sp³-hybridized carbons (Fsp3) is 0.533. The summed E-state index contributed by atoms with van der Waals surface area (Å²) in [7, 11) is -8.29. The number of nitrogens with zero attached hydrogens (tertiary/aromatic N) is 1. The van der Waals surface area contributed by atoms with Crippen molar-refractivity contribution >= 4 is 31.6 Å². The van der Waals surface area contributed by atoms with Crippen molar-refractivity contribution in [2.24, 2.45) is 11.8 Å². The number of ether oxygens (including phenoxy) is 1. The minimum absolute atomic E-state index is 0.0541. The lowest BCUT2D eigenvalue weighted by Gasteiger charge is -2.51. The number of aryl methyl sites for hydroxylation is 2. The zero-order chi connectivity index (χ0) is 29.4. The van der Waals surface area contributed by atoms with E-state index in [1.54, 1.807) is 24.3 Å². The minimum Gasteiger partial charge on any atom is -0.459 e. The number of carbonyl (C=O) groups is 2. The summed E-state index contributed by atoms with van der Waals surface area (Å²) in [4.78, 5) is 26.0. The molecule has 1 aliphatic carbocycles. The molecular weight excluding hydrogens is 550 g/mol. The van der Waals surface area contributed by atoms with Crippen molar-refractivity contribution < 1.29 is 31.2 Å². The molecule has 0 bridgehead atoms. The molecule has 0 radical (unpaired) electrons. The van der Waals surface area contributed by atoms with E-state index in [9.17, 15) is 26.4 Å². The van der Waals surface area contributed by atoms with Crippen molar-refractivity contribution in [2.75, 3.05) is 0 Å². The van der Waals surface area contributed by atoms with Gasteiger partial charge in [0.1, 0.15) is 17.1 Å². The van der Waals surface area contributed by atoms with Crippen molar-refractivity contribution in [3.8, 4) is 0 Å². The van der Waals surface area contributed by atoms with E-state index in [4.69, 9.17) is 4.74 Å². The Labute approximate surface area is 238 Å². The number of benzene rings is 2. The maximum absolute atomic E-state index is 14.4. The predicted octanol–water partition coefficient (Wildman–Crippen LogP) is 4.62. The summed E-state index contributed by atoms with van der Waals surface area (Å²) in [6.45, 7) is 8.59. The highest BCUT2D eigenvalue weighted by atomic mass is 32.2. The average molecular weight is 590 g/mol. The normalized spacial score (nSPS) is 26.6. The van der Waals surface area contributed by atoms with Crippen molar-refractivity contribution in [2.45, 2.75) is 100.0 Å². The van der Waals surface area contributed by atoms with Crippen LogP contribution in [0.2, 0.25) is 0 Å². The number of sulfonamides is 1. The maximum Gasteiger partial charge on any atom is 0.303 e. The molecule has 10 heteroatoms. The third-order valence-electron chi connectivity index (χ3n) is 8.23. The second-order valence-electron chi connectivity index (χ2n) is 11.5. The van der Waals surface area contributed by atoms with E-state index in [0.717, 1.165) is 11.1 Å². The molecule has 0 aromatic heterocycles. The average Bonchev–Trinajstić information content (AvgIpc) is 2.88. The minimum atomic E-state index is -4.21. The number of hydrogen-bond donors (Lipinski definition) is 0. The Bertz CT molecular complexity index is 1450. The van der Waals surface area contributed by atoms with Crippen LogP contribution >= 0.6 is 0 Å². The highest BCUT2D eigenvalue weighted by Crippen LogP contribution is 2.44. The molecule has 2 aromatic rings. The third-order valence-corrected chi connectivity index (χ3v) is 12.4. The lowest BCUT2D eigenvalue weighted by molar-refractivity contribution is -0.156. The zero-order valence-corrected chi connectivity index (χ0v) is 25.4. The Kier molecular flexibility index (Phi) is 8.92. The van der Waals surface area contributed by atoms with E-state index >= 15 is 0 Å². The molecular formula is C30H39NO7S2. The van der Waals surface area contributed by atoms with Gasteiger partial charge in [0.05, 0.1) is 15.8 Å². The molecule has 2 fully saturated rings. The van der Waals surface area contributed by atoms with Crippen molar-refractivity contribution in [3.05, 3.63) is 59.7 Å². The van der Waals surface area contributed by atoms with Crippen LogP contribution in [0.3, 0.4) is 0 Å². The molecule has 40 heavy (non-hydrogen) atoms. The first-order chi connectivity index (χ1) is 18.7. The van der Waals surface area contributed by atoms with Crippen LogP contribution in [0.5, 0.6) is 0 Å². The zero-order valence-electron chi connectivity index (χ0n) is 23.7. The van der Waals surface area contributed by atoms with Crippen LogP contribution < -0.4 is 0 Å². The lowest BCUT2D eigenvalue weighted by Crippen LogP contribution is -2.67. The van der Waals surface area contributed by atoms with Gasteiger partial charge >= 0.3 is 5.97 Å². The summed E-state index contributed by atoms with van der Waals surface area (Å²) >= 11 is 0. The number of carbonyl (C=O) groups excluding carboxylic acids is 2. The van der Waals surface area contributed by atoms with Gasteiger partial charge in [-0.3, -0.25) is 9.59 Å². The third kappa shape index (κ3) is 5.90. The number of hydrogen-bond acceptors (Lipinski definition) is 7. The summed E-state index contributed by atoms with van der Waals surface area (Å²) < 4.78 is 64.3. The van der Waals surface area contributed by atoms with Gasteiger partial charge in [0.15, 0.2) is 9.84 Å². The molecule has 1 heterocycles. The topological polar surface area (TPSA) is 115 Å². The molecule has 2 aliphatic rings. The van der Waals surface area contributed by atoms with Crippen LogP contribution in [0.25, 0.3) is 0 Å². The number of esters is 1. The molecule has 0 spiro atoms. The molecule has 1 aliphatic heterocycles. The monoisotopic (exact) mass is 589 g/mol. The Morgan fingerprint density at radius 1 is 0.900 bits per heavy atom. The number of sulfone groups is 1. The number of Topliss-reactive ketones (excluding diaryl/α,β-unsaturated/α-hetero) is 1. The molecule has 0 N–H and O–H groups in total.